The highest BCUT2D eigenvalue weighted by Crippen LogP contribution is 2.16. The monoisotopic (exact) mass is 241 g/mol. The summed E-state index contributed by atoms with van der Waals surface area (Å²) in [5, 5.41) is 13.3. The summed E-state index contributed by atoms with van der Waals surface area (Å²) in [6, 6.07) is 6.46. The molecule has 0 fully saturated rings. The lowest BCUT2D eigenvalue weighted by atomic mass is 10.3. The second-order valence-electron chi connectivity index (χ2n) is 2.47. The number of carbonyl (C=O) groups is 1. The van der Waals surface area contributed by atoms with Gasteiger partial charge in [-0.05, 0) is 13.0 Å². The quantitative estimate of drug-likeness (QED) is 0.481. The molecule has 0 spiro atoms. The highest BCUT2D eigenvalue weighted by atomic mass is 16.6. The zero-order valence-corrected chi connectivity index (χ0v) is 10.3. The smallest absolute Gasteiger partial charge is 0.271 e. The molecule has 1 aromatic carbocycles. The van der Waals surface area contributed by atoms with Gasteiger partial charge in [0.05, 0.1) is 4.92 Å². The Morgan fingerprint density at radius 1 is 1.47 bits per heavy atom. The van der Waals surface area contributed by atoms with E-state index in [-0.39, 0.29) is 12.1 Å². The van der Waals surface area contributed by atoms with Crippen LogP contribution in [0.4, 0.5) is 11.4 Å². The van der Waals surface area contributed by atoms with E-state index < -0.39 is 4.92 Å². The molecule has 3 N–H and O–H groups in total. The fourth-order valence-electron chi connectivity index (χ4n) is 0.934. The van der Waals surface area contributed by atoms with Crippen LogP contribution < -0.4 is 11.1 Å². The average molecular weight is 241 g/mol. The molecule has 6 heteroatoms. The Bertz CT molecular complexity index is 329. The van der Waals surface area contributed by atoms with Gasteiger partial charge in [-0.3, -0.25) is 14.9 Å². The van der Waals surface area contributed by atoms with E-state index in [1.165, 1.54) is 12.1 Å². The van der Waals surface area contributed by atoms with Crippen molar-refractivity contribution in [1.82, 2.24) is 0 Å². The molecule has 0 saturated heterocycles. The third-order valence-corrected chi connectivity index (χ3v) is 1.44. The van der Waals surface area contributed by atoms with E-state index in [1.54, 1.807) is 12.1 Å². The Kier molecular flexibility index (Phi) is 12.2. The Labute approximate surface area is 101 Å². The number of amides is 1. The second-order valence-corrected chi connectivity index (χ2v) is 2.47. The maximum atomic E-state index is 10.3. The summed E-state index contributed by atoms with van der Waals surface area (Å²) in [4.78, 5) is 18.5. The van der Waals surface area contributed by atoms with Gasteiger partial charge >= 0.3 is 0 Å². The molecule has 17 heavy (non-hydrogen) atoms. The minimum Gasteiger partial charge on any atom is -0.385 e. The van der Waals surface area contributed by atoms with Gasteiger partial charge in [0.15, 0.2) is 0 Å². The van der Waals surface area contributed by atoms with Crippen LogP contribution in [0, 0.1) is 10.1 Å². The zero-order valence-electron chi connectivity index (χ0n) is 10.3. The lowest BCUT2D eigenvalue weighted by Crippen LogP contribution is -1.96. The predicted molar refractivity (Wildman–Crippen MR) is 68.9 cm³/mol. The van der Waals surface area contributed by atoms with E-state index in [2.05, 4.69) is 11.1 Å². The number of nitrogens with one attached hydrogen (secondary N) is 1. The van der Waals surface area contributed by atoms with Crippen LogP contribution >= 0.6 is 0 Å². The van der Waals surface area contributed by atoms with Crippen molar-refractivity contribution in [2.24, 2.45) is 5.73 Å². The van der Waals surface area contributed by atoms with Crippen molar-refractivity contribution in [3.8, 4) is 0 Å². The van der Waals surface area contributed by atoms with E-state index in [9.17, 15) is 10.1 Å². The first kappa shape index (κ1) is 17.3. The van der Waals surface area contributed by atoms with Crippen LogP contribution in [0.3, 0.4) is 0 Å². The topological polar surface area (TPSA) is 98.3 Å². The molecule has 0 aliphatic carbocycles. The van der Waals surface area contributed by atoms with Gasteiger partial charge in [0, 0.05) is 24.4 Å². The van der Waals surface area contributed by atoms with Crippen molar-refractivity contribution in [2.45, 2.75) is 20.8 Å². The molecule has 1 aromatic rings. The van der Waals surface area contributed by atoms with Gasteiger partial charge in [-0.15, -0.1) is 0 Å². The SMILES string of the molecule is CC.CCNc1cccc([N+](=O)[O-])c1.NC=O. The number of hydrogen-bond acceptors (Lipinski definition) is 4. The van der Waals surface area contributed by atoms with Crippen molar-refractivity contribution in [1.29, 1.82) is 0 Å². The van der Waals surface area contributed by atoms with E-state index in [0.717, 1.165) is 12.2 Å². The summed E-state index contributed by atoms with van der Waals surface area (Å²) in [6.45, 7) is 6.71. The predicted octanol–water partition coefficient (Wildman–Crippen LogP) is 2.15. The fourth-order valence-corrected chi connectivity index (χ4v) is 0.934. The number of non-ortho nitro benzene ring substituents is 1. The Morgan fingerprint density at radius 3 is 2.41 bits per heavy atom. The number of nitrogens with two attached hydrogens (primary N) is 1. The molecule has 0 aliphatic rings. The zero-order chi connectivity index (χ0) is 13.7. The van der Waals surface area contributed by atoms with E-state index in [0.29, 0.717) is 0 Å². The van der Waals surface area contributed by atoms with Crippen LogP contribution in [0.1, 0.15) is 20.8 Å². The Morgan fingerprint density at radius 2 is 2.00 bits per heavy atom. The normalized spacial score (nSPS) is 7.71. The van der Waals surface area contributed by atoms with Crippen LogP contribution in [-0.2, 0) is 4.79 Å². The van der Waals surface area contributed by atoms with Gasteiger partial charge in [-0.2, -0.15) is 0 Å². The lowest BCUT2D eigenvalue weighted by Gasteiger charge is -2.00. The largest absolute Gasteiger partial charge is 0.385 e. The van der Waals surface area contributed by atoms with Crippen molar-refractivity contribution in [3.63, 3.8) is 0 Å². The molecule has 6 nitrogen and oxygen atoms in total. The number of rotatable bonds is 3. The molecule has 0 aromatic heterocycles. The molecule has 0 saturated carbocycles. The van der Waals surface area contributed by atoms with Gasteiger partial charge in [0.1, 0.15) is 0 Å². The molecule has 0 heterocycles. The van der Waals surface area contributed by atoms with Crippen molar-refractivity contribution in [3.05, 3.63) is 34.4 Å². The van der Waals surface area contributed by atoms with Crippen molar-refractivity contribution >= 4 is 17.8 Å². The van der Waals surface area contributed by atoms with E-state index in [4.69, 9.17) is 4.79 Å². The average Bonchev–Trinajstić information content (AvgIpc) is 2.33. The molecular formula is C11H19N3O3. The first-order valence-electron chi connectivity index (χ1n) is 5.29. The molecule has 1 rings (SSSR count). The van der Waals surface area contributed by atoms with Crippen LogP contribution in [0.25, 0.3) is 0 Å². The summed E-state index contributed by atoms with van der Waals surface area (Å²) < 4.78 is 0. The highest BCUT2D eigenvalue weighted by Gasteiger charge is 2.03. The standard InChI is InChI=1S/C8H10N2O2.C2H6.CH3NO/c1-2-9-7-4-3-5-8(6-7)10(11)12;1-2;2-1-3/h3-6,9H,2H2,1H3;1-2H3;1H,(H2,2,3). The van der Waals surface area contributed by atoms with Gasteiger partial charge in [0.25, 0.3) is 5.69 Å². The first-order chi connectivity index (χ1) is 8.15. The van der Waals surface area contributed by atoms with Crippen LogP contribution in [0.5, 0.6) is 0 Å². The summed E-state index contributed by atoms with van der Waals surface area (Å²) in [7, 11) is 0. The Balaban J connectivity index is 0. The minimum atomic E-state index is -0.402. The van der Waals surface area contributed by atoms with Gasteiger partial charge < -0.3 is 11.1 Å². The van der Waals surface area contributed by atoms with E-state index in [1.807, 2.05) is 20.8 Å². The molecule has 1 amide bonds. The maximum absolute atomic E-state index is 10.3. The van der Waals surface area contributed by atoms with Gasteiger partial charge in [0.2, 0.25) is 6.41 Å². The van der Waals surface area contributed by atoms with Gasteiger partial charge in [-0.1, -0.05) is 19.9 Å². The van der Waals surface area contributed by atoms with E-state index >= 15 is 0 Å². The van der Waals surface area contributed by atoms with Crippen molar-refractivity contribution in [2.75, 3.05) is 11.9 Å². The summed E-state index contributed by atoms with van der Waals surface area (Å²) in [5.74, 6) is 0. The molecule has 96 valence electrons. The summed E-state index contributed by atoms with van der Waals surface area (Å²) >= 11 is 0. The Hall–Kier alpha value is -2.11. The first-order valence-corrected chi connectivity index (χ1v) is 5.29. The lowest BCUT2D eigenvalue weighted by molar-refractivity contribution is -0.384. The molecular weight excluding hydrogens is 222 g/mol. The number of nitro groups is 1. The van der Waals surface area contributed by atoms with Crippen LogP contribution in [-0.4, -0.2) is 17.9 Å². The number of nitrogens with zero attached hydrogens (tertiary/aromatic N) is 1. The van der Waals surface area contributed by atoms with Crippen LogP contribution in [0.2, 0.25) is 0 Å². The van der Waals surface area contributed by atoms with Gasteiger partial charge in [-0.25, -0.2) is 0 Å². The number of hydrogen-bond donors (Lipinski definition) is 2. The molecule has 0 unspecified atom stereocenters. The molecule has 0 bridgehead atoms. The molecule has 0 radical (unpaired) electrons. The van der Waals surface area contributed by atoms with Crippen LogP contribution in [0.15, 0.2) is 24.3 Å². The number of nitro benzene ring substituents is 1. The number of primary amides is 1. The highest BCUT2D eigenvalue weighted by molar-refractivity contribution is 5.50. The third-order valence-electron chi connectivity index (χ3n) is 1.44. The second kappa shape index (κ2) is 12.0. The minimum absolute atomic E-state index is 0.119. The molecule has 0 atom stereocenters. The summed E-state index contributed by atoms with van der Waals surface area (Å²) in [6.07, 6.45) is 0.250. The maximum Gasteiger partial charge on any atom is 0.271 e. The third kappa shape index (κ3) is 8.86. The number of carbonyl (C=O) groups excluding carboxylic acids is 1. The number of anilines is 1. The molecule has 0 aliphatic heterocycles. The number of benzene rings is 1. The summed E-state index contributed by atoms with van der Waals surface area (Å²) in [5.41, 5.74) is 5.07. The fraction of sp³-hybridized carbons (Fsp3) is 0.364. The van der Waals surface area contributed by atoms with Crippen molar-refractivity contribution < 1.29 is 9.72 Å².